The van der Waals surface area contributed by atoms with Crippen molar-refractivity contribution < 1.29 is 43.6 Å². The quantitative estimate of drug-likeness (QED) is 0.0347. The van der Waals surface area contributed by atoms with E-state index in [0.29, 0.717) is 19.3 Å². The van der Waals surface area contributed by atoms with Crippen LogP contribution in [-0.2, 0) is 33.4 Å². The fourth-order valence-electron chi connectivity index (χ4n) is 9.54. The standard InChI is InChI=1S/C61H116O9/c1-51(2)44-38-32-26-20-14-8-11-17-23-29-35-41-47-56(65)68-59(54(7)63)61(70-58(67)49-43-37-31-25-19-13-10-16-22-28-34-40-46-53(5)6)60(55(64)50-62)69-57(66)48-42-36-30-24-18-12-9-15-21-27-33-39-45-52(3)4/h51-53,55,59-62,64H,8-50H2,1-7H3/t55-,59+,60-,61-/m1/s1. The lowest BCUT2D eigenvalue weighted by Gasteiger charge is -2.33. The summed E-state index contributed by atoms with van der Waals surface area (Å²) in [6.45, 7) is 14.2. The molecule has 0 heterocycles. The molecule has 0 bridgehead atoms. The van der Waals surface area contributed by atoms with E-state index in [9.17, 15) is 29.4 Å². The summed E-state index contributed by atoms with van der Waals surface area (Å²) in [6, 6.07) is 0. The number of rotatable bonds is 53. The Hall–Kier alpha value is -2.00. The van der Waals surface area contributed by atoms with Crippen molar-refractivity contribution in [1.82, 2.24) is 0 Å². The van der Waals surface area contributed by atoms with Gasteiger partial charge in [0, 0.05) is 19.3 Å². The minimum absolute atomic E-state index is 0.0681. The molecule has 0 amide bonds. The Labute approximate surface area is 432 Å². The summed E-state index contributed by atoms with van der Waals surface area (Å²) >= 11 is 0. The summed E-state index contributed by atoms with van der Waals surface area (Å²) in [7, 11) is 0. The van der Waals surface area contributed by atoms with Gasteiger partial charge in [-0.3, -0.25) is 19.2 Å². The molecule has 0 aliphatic heterocycles. The molecular weight excluding hydrogens is 877 g/mol. The number of esters is 3. The lowest BCUT2D eigenvalue weighted by atomic mass is 9.99. The first-order valence-corrected chi connectivity index (χ1v) is 30.2. The highest BCUT2D eigenvalue weighted by Gasteiger charge is 2.44. The van der Waals surface area contributed by atoms with Crippen LogP contribution in [0.1, 0.15) is 318 Å². The van der Waals surface area contributed by atoms with Crippen LogP contribution in [0.25, 0.3) is 0 Å². The van der Waals surface area contributed by atoms with Crippen LogP contribution in [0.5, 0.6) is 0 Å². The molecule has 0 radical (unpaired) electrons. The topological polar surface area (TPSA) is 136 Å². The Morgan fingerprint density at radius 1 is 0.329 bits per heavy atom. The maximum atomic E-state index is 13.4. The minimum atomic E-state index is -1.66. The molecule has 0 aromatic heterocycles. The zero-order valence-electron chi connectivity index (χ0n) is 47.2. The van der Waals surface area contributed by atoms with E-state index in [1.807, 2.05) is 0 Å². The van der Waals surface area contributed by atoms with Gasteiger partial charge in [0.2, 0.25) is 0 Å². The van der Waals surface area contributed by atoms with Crippen LogP contribution in [-0.4, -0.2) is 64.9 Å². The van der Waals surface area contributed by atoms with Crippen molar-refractivity contribution >= 4 is 23.7 Å². The van der Waals surface area contributed by atoms with Gasteiger partial charge in [-0.15, -0.1) is 0 Å². The summed E-state index contributed by atoms with van der Waals surface area (Å²) in [5.41, 5.74) is 0. The predicted molar refractivity (Wildman–Crippen MR) is 292 cm³/mol. The van der Waals surface area contributed by atoms with Crippen molar-refractivity contribution in [3.8, 4) is 0 Å². The van der Waals surface area contributed by atoms with Gasteiger partial charge in [0.25, 0.3) is 0 Å². The number of hydrogen-bond donors (Lipinski definition) is 2. The average molecular weight is 994 g/mol. The maximum Gasteiger partial charge on any atom is 0.306 e. The monoisotopic (exact) mass is 993 g/mol. The van der Waals surface area contributed by atoms with Gasteiger partial charge in [-0.25, -0.2) is 0 Å². The van der Waals surface area contributed by atoms with Gasteiger partial charge in [0.1, 0.15) is 6.10 Å². The van der Waals surface area contributed by atoms with Gasteiger partial charge < -0.3 is 24.4 Å². The van der Waals surface area contributed by atoms with Crippen LogP contribution in [0.4, 0.5) is 0 Å². The van der Waals surface area contributed by atoms with Crippen molar-refractivity contribution in [3.05, 3.63) is 0 Å². The van der Waals surface area contributed by atoms with Gasteiger partial charge in [-0.1, -0.05) is 273 Å². The molecule has 0 saturated heterocycles. The molecule has 414 valence electrons. The Balaban J connectivity index is 5.13. The highest BCUT2D eigenvalue weighted by Crippen LogP contribution is 2.23. The zero-order valence-corrected chi connectivity index (χ0v) is 47.2. The summed E-state index contributed by atoms with van der Waals surface area (Å²) in [5, 5.41) is 21.1. The highest BCUT2D eigenvalue weighted by molar-refractivity contribution is 5.85. The first-order valence-electron chi connectivity index (χ1n) is 30.2. The molecule has 0 aliphatic carbocycles. The minimum Gasteiger partial charge on any atom is -0.455 e. The van der Waals surface area contributed by atoms with E-state index < -0.39 is 54.7 Å². The third-order valence-corrected chi connectivity index (χ3v) is 14.1. The van der Waals surface area contributed by atoms with E-state index in [4.69, 9.17) is 14.2 Å². The van der Waals surface area contributed by atoms with Crippen LogP contribution >= 0.6 is 0 Å². The fraction of sp³-hybridized carbons (Fsp3) is 0.934. The lowest BCUT2D eigenvalue weighted by Crippen LogP contribution is -2.54. The van der Waals surface area contributed by atoms with Crippen LogP contribution < -0.4 is 0 Å². The molecule has 70 heavy (non-hydrogen) atoms. The van der Waals surface area contributed by atoms with Crippen molar-refractivity contribution in [1.29, 1.82) is 0 Å². The van der Waals surface area contributed by atoms with Gasteiger partial charge in [-0.2, -0.15) is 0 Å². The van der Waals surface area contributed by atoms with Crippen molar-refractivity contribution in [3.63, 3.8) is 0 Å². The first-order chi connectivity index (χ1) is 33.8. The molecule has 0 fully saturated rings. The average Bonchev–Trinajstić information content (AvgIpc) is 3.31. The van der Waals surface area contributed by atoms with Gasteiger partial charge in [-0.05, 0) is 43.9 Å². The number of unbranched alkanes of at least 4 members (excludes halogenated alkanes) is 33. The van der Waals surface area contributed by atoms with Crippen LogP contribution in [0.3, 0.4) is 0 Å². The SMILES string of the molecule is CC(=O)[C@H](OC(=O)CCCCCCCCCCCCCCC(C)C)[C@@H](OC(=O)CCCCCCCCCCCCCCC(C)C)[C@H](OC(=O)CCCCCCCCCCCCCCC(C)C)[C@H](O)CO. The Morgan fingerprint density at radius 2 is 0.543 bits per heavy atom. The summed E-state index contributed by atoms with van der Waals surface area (Å²) in [6.07, 6.45) is 39.4. The number of aliphatic hydroxyl groups excluding tert-OH is 2. The summed E-state index contributed by atoms with van der Waals surface area (Å²) < 4.78 is 17.3. The van der Waals surface area contributed by atoms with Gasteiger partial charge in [0.05, 0.1) is 6.61 Å². The Kier molecular flexibility index (Phi) is 47.8. The zero-order chi connectivity index (χ0) is 51.9. The fourth-order valence-corrected chi connectivity index (χ4v) is 9.54. The number of carbonyl (C=O) groups excluding carboxylic acids is 4. The molecule has 0 aromatic carbocycles. The second-order valence-electron chi connectivity index (χ2n) is 22.7. The largest absolute Gasteiger partial charge is 0.455 e. The maximum absolute atomic E-state index is 13.4. The van der Waals surface area contributed by atoms with Gasteiger partial charge >= 0.3 is 17.9 Å². The lowest BCUT2D eigenvalue weighted by molar-refractivity contribution is -0.198. The number of carbonyl (C=O) groups is 4. The first kappa shape index (κ1) is 68.0. The molecule has 0 saturated carbocycles. The van der Waals surface area contributed by atoms with Crippen molar-refractivity contribution in [2.24, 2.45) is 17.8 Å². The molecule has 4 atom stereocenters. The summed E-state index contributed by atoms with van der Waals surface area (Å²) in [4.78, 5) is 53.1. The molecule has 0 aromatic rings. The van der Waals surface area contributed by atoms with Crippen molar-refractivity contribution in [2.75, 3.05) is 6.61 Å². The van der Waals surface area contributed by atoms with E-state index in [1.54, 1.807) is 0 Å². The summed E-state index contributed by atoms with van der Waals surface area (Å²) in [5.74, 6) is -0.0768. The Bertz CT molecular complexity index is 1200. The number of aliphatic hydroxyl groups is 2. The molecule has 9 heteroatoms. The van der Waals surface area contributed by atoms with E-state index in [2.05, 4.69) is 41.5 Å². The van der Waals surface area contributed by atoms with Gasteiger partial charge in [0.15, 0.2) is 24.1 Å². The van der Waals surface area contributed by atoms with E-state index in [0.717, 1.165) is 75.5 Å². The van der Waals surface area contributed by atoms with Crippen LogP contribution in [0.15, 0.2) is 0 Å². The van der Waals surface area contributed by atoms with E-state index in [1.165, 1.54) is 180 Å². The third kappa shape index (κ3) is 44.7. The molecule has 2 N–H and O–H groups in total. The molecule has 0 aliphatic rings. The number of Topliss-reactive ketones (excluding diaryl/α,β-unsaturated/α-hetero) is 1. The number of ketones is 1. The van der Waals surface area contributed by atoms with Crippen molar-refractivity contribution in [2.45, 2.75) is 343 Å². The predicted octanol–water partition coefficient (Wildman–Crippen LogP) is 17.0. The second kappa shape index (κ2) is 49.2. The molecule has 9 nitrogen and oxygen atoms in total. The highest BCUT2D eigenvalue weighted by atomic mass is 16.6. The molecule has 0 spiro atoms. The Morgan fingerprint density at radius 3 is 0.771 bits per heavy atom. The van der Waals surface area contributed by atoms with E-state index >= 15 is 0 Å². The van der Waals surface area contributed by atoms with Crippen LogP contribution in [0, 0.1) is 17.8 Å². The third-order valence-electron chi connectivity index (χ3n) is 14.1. The molecule has 0 unspecified atom stereocenters. The smallest absolute Gasteiger partial charge is 0.306 e. The number of ether oxygens (including phenoxy) is 3. The second-order valence-corrected chi connectivity index (χ2v) is 22.7. The molecular formula is C61H116O9. The normalized spacial score (nSPS) is 13.5. The van der Waals surface area contributed by atoms with E-state index in [-0.39, 0.29) is 19.3 Å². The molecule has 0 rings (SSSR count). The number of hydrogen-bond acceptors (Lipinski definition) is 9. The van der Waals surface area contributed by atoms with Crippen LogP contribution in [0.2, 0.25) is 0 Å².